The van der Waals surface area contributed by atoms with E-state index in [1.54, 1.807) is 6.26 Å². The molecule has 1 amide bonds. The number of carboxylic acids is 1. The van der Waals surface area contributed by atoms with E-state index in [-0.39, 0.29) is 24.9 Å². The molecule has 0 saturated heterocycles. The van der Waals surface area contributed by atoms with E-state index in [2.05, 4.69) is 0 Å². The van der Waals surface area contributed by atoms with Crippen LogP contribution in [0.25, 0.3) is 11.0 Å². The van der Waals surface area contributed by atoms with Crippen LogP contribution in [0.1, 0.15) is 29.5 Å². The molecule has 1 aromatic heterocycles. The number of carbonyl (C=O) groups excluding carboxylic acids is 1. The van der Waals surface area contributed by atoms with Crippen molar-refractivity contribution in [1.29, 1.82) is 0 Å². The Morgan fingerprint density at radius 1 is 1.27 bits per heavy atom. The van der Waals surface area contributed by atoms with Crippen molar-refractivity contribution < 1.29 is 19.1 Å². The van der Waals surface area contributed by atoms with Crippen molar-refractivity contribution in [3.05, 3.63) is 35.1 Å². The first-order chi connectivity index (χ1) is 10.5. The fourth-order valence-electron chi connectivity index (χ4n) is 2.69. The van der Waals surface area contributed by atoms with Gasteiger partial charge in [-0.15, -0.1) is 0 Å². The Kier molecular flexibility index (Phi) is 3.64. The van der Waals surface area contributed by atoms with Gasteiger partial charge in [-0.2, -0.15) is 0 Å². The second-order valence-corrected chi connectivity index (χ2v) is 6.02. The van der Waals surface area contributed by atoms with E-state index in [9.17, 15) is 9.59 Å². The molecular formula is C17H19NO4. The molecule has 0 atom stereocenters. The fraction of sp³-hybridized carbons (Fsp3) is 0.412. The van der Waals surface area contributed by atoms with Gasteiger partial charge in [-0.25, -0.2) is 0 Å². The molecule has 1 N–H and O–H groups in total. The van der Waals surface area contributed by atoms with Crippen LogP contribution in [-0.4, -0.2) is 34.5 Å². The number of amides is 1. The van der Waals surface area contributed by atoms with Crippen LogP contribution in [0.4, 0.5) is 0 Å². The molecule has 1 aliphatic carbocycles. The third kappa shape index (κ3) is 2.84. The minimum Gasteiger partial charge on any atom is -0.480 e. The Morgan fingerprint density at radius 3 is 2.59 bits per heavy atom. The summed E-state index contributed by atoms with van der Waals surface area (Å²) in [5.41, 5.74) is 3.87. The molecule has 1 heterocycles. The highest BCUT2D eigenvalue weighted by atomic mass is 16.4. The molecule has 2 aromatic rings. The van der Waals surface area contributed by atoms with Crippen LogP contribution in [0, 0.1) is 13.8 Å². The number of hydrogen-bond acceptors (Lipinski definition) is 3. The summed E-state index contributed by atoms with van der Waals surface area (Å²) in [4.78, 5) is 24.8. The molecule has 1 fully saturated rings. The monoisotopic (exact) mass is 301 g/mol. The number of aliphatic carboxylic acids is 1. The molecule has 0 spiro atoms. The van der Waals surface area contributed by atoms with Gasteiger partial charge in [-0.05, 0) is 49.9 Å². The zero-order valence-corrected chi connectivity index (χ0v) is 12.8. The Balaban J connectivity index is 1.84. The van der Waals surface area contributed by atoms with E-state index in [1.807, 2.05) is 26.0 Å². The molecule has 0 bridgehead atoms. The number of hydrogen-bond donors (Lipinski definition) is 1. The quantitative estimate of drug-likeness (QED) is 0.921. The SMILES string of the molecule is Cc1cc2occ(CC(=O)N(CC(=O)O)C3CC3)c2cc1C. The summed E-state index contributed by atoms with van der Waals surface area (Å²) >= 11 is 0. The van der Waals surface area contributed by atoms with E-state index in [4.69, 9.17) is 9.52 Å². The Morgan fingerprint density at radius 2 is 1.95 bits per heavy atom. The second kappa shape index (κ2) is 5.48. The van der Waals surface area contributed by atoms with Crippen LogP contribution in [0.3, 0.4) is 0 Å². The molecule has 0 aliphatic heterocycles. The fourth-order valence-corrected chi connectivity index (χ4v) is 2.69. The minimum absolute atomic E-state index is 0.0887. The number of furan rings is 1. The summed E-state index contributed by atoms with van der Waals surface area (Å²) in [6.07, 6.45) is 3.57. The molecule has 1 aromatic carbocycles. The summed E-state index contributed by atoms with van der Waals surface area (Å²) in [6.45, 7) is 3.82. The number of rotatable bonds is 5. The molecule has 116 valence electrons. The lowest BCUT2D eigenvalue weighted by Gasteiger charge is -2.19. The summed E-state index contributed by atoms with van der Waals surface area (Å²) in [7, 11) is 0. The van der Waals surface area contributed by atoms with Crippen LogP contribution in [0.2, 0.25) is 0 Å². The van der Waals surface area contributed by atoms with Gasteiger partial charge in [0.15, 0.2) is 0 Å². The van der Waals surface area contributed by atoms with Crippen LogP contribution in [-0.2, 0) is 16.0 Å². The van der Waals surface area contributed by atoms with Crippen LogP contribution < -0.4 is 0 Å². The van der Waals surface area contributed by atoms with Crippen molar-refractivity contribution in [2.45, 2.75) is 39.2 Å². The van der Waals surface area contributed by atoms with E-state index < -0.39 is 5.97 Å². The van der Waals surface area contributed by atoms with Crippen molar-refractivity contribution in [3.8, 4) is 0 Å². The Labute approximate surface area is 128 Å². The lowest BCUT2D eigenvalue weighted by molar-refractivity contribution is -0.144. The first-order valence-electron chi connectivity index (χ1n) is 7.44. The molecule has 22 heavy (non-hydrogen) atoms. The van der Waals surface area contributed by atoms with Gasteiger partial charge < -0.3 is 14.4 Å². The number of aryl methyl sites for hydroxylation is 2. The summed E-state index contributed by atoms with van der Waals surface area (Å²) < 4.78 is 5.54. The molecule has 0 unspecified atom stereocenters. The summed E-state index contributed by atoms with van der Waals surface area (Å²) in [6, 6.07) is 4.08. The standard InChI is InChI=1S/C17H19NO4/c1-10-5-14-12(9-22-15(14)6-11(10)2)7-16(19)18(8-17(20)21)13-3-4-13/h5-6,9,13H,3-4,7-8H2,1-2H3,(H,20,21). The van der Waals surface area contributed by atoms with Crippen LogP contribution in [0.5, 0.6) is 0 Å². The average molecular weight is 301 g/mol. The lowest BCUT2D eigenvalue weighted by Crippen LogP contribution is -2.38. The second-order valence-electron chi connectivity index (χ2n) is 6.02. The number of benzene rings is 1. The predicted molar refractivity (Wildman–Crippen MR) is 81.8 cm³/mol. The predicted octanol–water partition coefficient (Wildman–Crippen LogP) is 2.67. The minimum atomic E-state index is -0.969. The van der Waals surface area contributed by atoms with Gasteiger partial charge in [-0.3, -0.25) is 9.59 Å². The summed E-state index contributed by atoms with van der Waals surface area (Å²) in [5.74, 6) is -1.12. The van der Waals surface area contributed by atoms with E-state index in [0.717, 1.165) is 40.5 Å². The molecule has 3 rings (SSSR count). The van der Waals surface area contributed by atoms with Crippen molar-refractivity contribution in [2.75, 3.05) is 6.54 Å². The van der Waals surface area contributed by atoms with Crippen LogP contribution in [0.15, 0.2) is 22.8 Å². The van der Waals surface area contributed by atoms with Gasteiger partial charge in [-0.1, -0.05) is 0 Å². The first kappa shape index (κ1) is 14.6. The van der Waals surface area contributed by atoms with E-state index in [0.29, 0.717) is 0 Å². The molecule has 5 heteroatoms. The average Bonchev–Trinajstić information content (AvgIpc) is 3.22. The van der Waals surface area contributed by atoms with Crippen LogP contribution >= 0.6 is 0 Å². The maximum atomic E-state index is 12.4. The van der Waals surface area contributed by atoms with Gasteiger partial charge in [0.05, 0.1) is 12.7 Å². The maximum absolute atomic E-state index is 12.4. The third-order valence-electron chi connectivity index (χ3n) is 4.23. The normalized spacial score (nSPS) is 14.3. The molecular weight excluding hydrogens is 282 g/mol. The summed E-state index contributed by atoms with van der Waals surface area (Å²) in [5, 5.41) is 9.89. The number of carboxylic acid groups (broad SMARTS) is 1. The first-order valence-corrected chi connectivity index (χ1v) is 7.44. The van der Waals surface area contributed by atoms with E-state index in [1.165, 1.54) is 4.90 Å². The highest BCUT2D eigenvalue weighted by Gasteiger charge is 2.34. The van der Waals surface area contributed by atoms with Crippen molar-refractivity contribution >= 4 is 22.8 Å². The molecule has 1 saturated carbocycles. The van der Waals surface area contributed by atoms with Gasteiger partial charge in [0.25, 0.3) is 0 Å². The topological polar surface area (TPSA) is 70.8 Å². The molecule has 5 nitrogen and oxygen atoms in total. The van der Waals surface area contributed by atoms with Gasteiger partial charge in [0.2, 0.25) is 5.91 Å². The highest BCUT2D eigenvalue weighted by molar-refractivity contribution is 5.90. The van der Waals surface area contributed by atoms with Gasteiger partial charge in [0, 0.05) is 17.0 Å². The van der Waals surface area contributed by atoms with Gasteiger partial charge >= 0.3 is 5.97 Å². The van der Waals surface area contributed by atoms with Crippen molar-refractivity contribution in [1.82, 2.24) is 4.90 Å². The van der Waals surface area contributed by atoms with Gasteiger partial charge in [0.1, 0.15) is 12.1 Å². The largest absolute Gasteiger partial charge is 0.480 e. The maximum Gasteiger partial charge on any atom is 0.323 e. The molecule has 0 radical (unpaired) electrons. The highest BCUT2D eigenvalue weighted by Crippen LogP contribution is 2.29. The third-order valence-corrected chi connectivity index (χ3v) is 4.23. The number of nitrogens with zero attached hydrogens (tertiary/aromatic N) is 1. The zero-order chi connectivity index (χ0) is 15.9. The Bertz CT molecular complexity index is 742. The van der Waals surface area contributed by atoms with Crippen molar-refractivity contribution in [3.63, 3.8) is 0 Å². The number of fused-ring (bicyclic) bond motifs is 1. The number of carbonyl (C=O) groups is 2. The van der Waals surface area contributed by atoms with Crippen molar-refractivity contribution in [2.24, 2.45) is 0 Å². The zero-order valence-electron chi connectivity index (χ0n) is 12.8. The Hall–Kier alpha value is -2.30. The van der Waals surface area contributed by atoms with E-state index >= 15 is 0 Å². The lowest BCUT2D eigenvalue weighted by atomic mass is 10.0. The molecule has 1 aliphatic rings. The smallest absolute Gasteiger partial charge is 0.323 e.